The summed E-state index contributed by atoms with van der Waals surface area (Å²) < 4.78 is 0. The van der Waals surface area contributed by atoms with Crippen molar-refractivity contribution in [2.24, 2.45) is 5.73 Å². The zero-order chi connectivity index (χ0) is 22.3. The predicted molar refractivity (Wildman–Crippen MR) is 106 cm³/mol. The van der Waals surface area contributed by atoms with Crippen molar-refractivity contribution in [3.63, 3.8) is 0 Å². The molecule has 0 saturated carbocycles. The number of piperazine rings is 1. The maximum atomic E-state index is 12.6. The van der Waals surface area contributed by atoms with Crippen LogP contribution in [-0.2, 0) is 25.7 Å². The lowest BCUT2D eigenvalue weighted by Crippen LogP contribution is -2.60. The average Bonchev–Trinajstić information content (AvgIpc) is 2.68. The first-order valence-corrected chi connectivity index (χ1v) is 9.35. The molecule has 0 unspecified atom stereocenters. The number of amides is 2. The molecular weight excluding hydrogens is 394 g/mol. The van der Waals surface area contributed by atoms with E-state index in [0.29, 0.717) is 12.1 Å². The van der Waals surface area contributed by atoms with Crippen molar-refractivity contribution >= 4 is 29.6 Å². The van der Waals surface area contributed by atoms with Crippen molar-refractivity contribution < 1.29 is 29.4 Å². The number of nitrogens with two attached hydrogens (primary N) is 1. The molecule has 0 aromatic heterocycles. The van der Waals surface area contributed by atoms with Gasteiger partial charge in [0.25, 0.3) is 0 Å². The molecule has 1 aliphatic rings. The Morgan fingerprint density at radius 3 is 2.37 bits per heavy atom. The van der Waals surface area contributed by atoms with Gasteiger partial charge in [0.05, 0.1) is 6.54 Å². The van der Waals surface area contributed by atoms with E-state index in [-0.39, 0.29) is 44.2 Å². The van der Waals surface area contributed by atoms with E-state index < -0.39 is 30.4 Å². The molecule has 0 radical (unpaired) electrons. The maximum absolute atomic E-state index is 12.6. The molecule has 1 heterocycles. The van der Waals surface area contributed by atoms with Gasteiger partial charge in [-0.15, -0.1) is 0 Å². The number of carboxylic acid groups (broad SMARTS) is 2. The number of carboxylic acids is 2. The molecule has 1 aromatic rings. The molecule has 162 valence electrons. The highest BCUT2D eigenvalue weighted by atomic mass is 16.4. The minimum atomic E-state index is -1.17. The molecule has 2 rings (SSSR count). The minimum absolute atomic E-state index is 0.0382. The number of hydrogen-bond donors (Lipinski definition) is 5. The summed E-state index contributed by atoms with van der Waals surface area (Å²) in [7, 11) is 0. The Morgan fingerprint density at radius 2 is 1.80 bits per heavy atom. The zero-order valence-electron chi connectivity index (χ0n) is 16.3. The van der Waals surface area contributed by atoms with Gasteiger partial charge in [-0.25, -0.2) is 0 Å². The highest BCUT2D eigenvalue weighted by molar-refractivity contribution is 5.95. The number of carbonyl (C=O) groups excluding carboxylic acids is 2. The molecule has 0 aliphatic carbocycles. The molecule has 11 heteroatoms. The summed E-state index contributed by atoms with van der Waals surface area (Å²) in [4.78, 5) is 49.5. The van der Waals surface area contributed by atoms with Gasteiger partial charge in [0.1, 0.15) is 18.4 Å². The Hall–Kier alpha value is -3.47. The first-order chi connectivity index (χ1) is 14.2. The molecule has 6 N–H and O–H groups in total. The molecule has 2 amide bonds. The second-order valence-electron chi connectivity index (χ2n) is 6.90. The van der Waals surface area contributed by atoms with E-state index in [2.05, 4.69) is 5.32 Å². The van der Waals surface area contributed by atoms with Gasteiger partial charge in [-0.3, -0.25) is 24.6 Å². The van der Waals surface area contributed by atoms with Crippen molar-refractivity contribution in [2.45, 2.75) is 25.4 Å². The molecule has 1 aliphatic heterocycles. The monoisotopic (exact) mass is 419 g/mol. The molecule has 0 spiro atoms. The Kier molecular flexibility index (Phi) is 7.87. The Labute approximate surface area is 172 Å². The Balaban J connectivity index is 1.97. The van der Waals surface area contributed by atoms with Gasteiger partial charge in [0, 0.05) is 31.6 Å². The minimum Gasteiger partial charge on any atom is -0.481 e. The van der Waals surface area contributed by atoms with E-state index in [1.165, 1.54) is 4.90 Å². The second kappa shape index (κ2) is 10.3. The number of carbonyl (C=O) groups is 4. The number of amidine groups is 1. The van der Waals surface area contributed by atoms with Crippen LogP contribution in [0.5, 0.6) is 0 Å². The van der Waals surface area contributed by atoms with Gasteiger partial charge in [-0.1, -0.05) is 24.3 Å². The van der Waals surface area contributed by atoms with E-state index in [0.717, 1.165) is 10.5 Å². The summed E-state index contributed by atoms with van der Waals surface area (Å²) in [6, 6.07) is 5.95. The highest BCUT2D eigenvalue weighted by Gasteiger charge is 2.37. The van der Waals surface area contributed by atoms with Crippen molar-refractivity contribution in [1.29, 1.82) is 5.41 Å². The van der Waals surface area contributed by atoms with Gasteiger partial charge < -0.3 is 31.1 Å². The topological polar surface area (TPSA) is 177 Å². The number of nitrogens with one attached hydrogen (secondary N) is 2. The van der Waals surface area contributed by atoms with Crippen molar-refractivity contribution in [1.82, 2.24) is 15.1 Å². The molecule has 0 bridgehead atoms. The fraction of sp³-hybridized carbons (Fsp3) is 0.421. The molecule has 11 nitrogen and oxygen atoms in total. The van der Waals surface area contributed by atoms with E-state index in [1.807, 2.05) is 0 Å². The average molecular weight is 419 g/mol. The fourth-order valence-corrected chi connectivity index (χ4v) is 3.21. The summed E-state index contributed by atoms with van der Waals surface area (Å²) >= 11 is 0. The highest BCUT2D eigenvalue weighted by Crippen LogP contribution is 2.17. The first kappa shape index (κ1) is 22.8. The molecule has 30 heavy (non-hydrogen) atoms. The largest absolute Gasteiger partial charge is 0.481 e. The SMILES string of the molecule is N=C(N)c1ccc(CNCC(=O)N2CCN(CC(=O)O)C(=O)[C@@H]2CCC(=O)O)cc1. The van der Waals surface area contributed by atoms with Gasteiger partial charge in [0.2, 0.25) is 11.8 Å². The Morgan fingerprint density at radius 1 is 1.13 bits per heavy atom. The smallest absolute Gasteiger partial charge is 0.323 e. The first-order valence-electron chi connectivity index (χ1n) is 9.35. The molecule has 1 saturated heterocycles. The van der Waals surface area contributed by atoms with Gasteiger partial charge in [0.15, 0.2) is 0 Å². The Bertz CT molecular complexity index is 825. The van der Waals surface area contributed by atoms with Crippen molar-refractivity contribution in [3.05, 3.63) is 35.4 Å². The van der Waals surface area contributed by atoms with Crippen LogP contribution in [0.15, 0.2) is 24.3 Å². The number of nitrogen functional groups attached to an aromatic ring is 1. The summed E-state index contributed by atoms with van der Waals surface area (Å²) in [6.07, 6.45) is -0.389. The number of nitrogens with zero attached hydrogens (tertiary/aromatic N) is 2. The third-order valence-electron chi connectivity index (χ3n) is 4.73. The van der Waals surface area contributed by atoms with Crippen LogP contribution in [-0.4, -0.2) is 81.8 Å². The van der Waals surface area contributed by atoms with E-state index in [4.69, 9.17) is 21.4 Å². The lowest BCUT2D eigenvalue weighted by Gasteiger charge is -2.40. The van der Waals surface area contributed by atoms with Crippen LogP contribution in [0, 0.1) is 5.41 Å². The number of hydrogen-bond acceptors (Lipinski definition) is 6. The third-order valence-corrected chi connectivity index (χ3v) is 4.73. The second-order valence-corrected chi connectivity index (χ2v) is 6.90. The van der Waals surface area contributed by atoms with E-state index >= 15 is 0 Å². The van der Waals surface area contributed by atoms with Crippen LogP contribution in [0.3, 0.4) is 0 Å². The summed E-state index contributed by atoms with van der Waals surface area (Å²) in [6.45, 7) is 0.0317. The van der Waals surface area contributed by atoms with Crippen LogP contribution in [0.2, 0.25) is 0 Å². The van der Waals surface area contributed by atoms with Crippen LogP contribution in [0.25, 0.3) is 0 Å². The van der Waals surface area contributed by atoms with Crippen LogP contribution >= 0.6 is 0 Å². The van der Waals surface area contributed by atoms with Crippen molar-refractivity contribution in [2.75, 3.05) is 26.2 Å². The van der Waals surface area contributed by atoms with Crippen LogP contribution in [0.4, 0.5) is 0 Å². The molecular formula is C19H25N5O6. The predicted octanol–water partition coefficient (Wildman–Crippen LogP) is -0.951. The summed E-state index contributed by atoms with van der Waals surface area (Å²) in [5.74, 6) is -3.23. The molecule has 1 fully saturated rings. The normalized spacial score (nSPS) is 16.4. The number of rotatable bonds is 10. The van der Waals surface area contributed by atoms with Gasteiger partial charge in [-0.05, 0) is 12.0 Å². The third kappa shape index (κ3) is 6.27. The van der Waals surface area contributed by atoms with Gasteiger partial charge in [-0.2, -0.15) is 0 Å². The van der Waals surface area contributed by atoms with E-state index in [1.54, 1.807) is 24.3 Å². The summed E-state index contributed by atoms with van der Waals surface area (Å²) in [5.41, 5.74) is 6.87. The quantitative estimate of drug-likeness (QED) is 0.238. The maximum Gasteiger partial charge on any atom is 0.323 e. The number of benzene rings is 1. The van der Waals surface area contributed by atoms with Gasteiger partial charge >= 0.3 is 11.9 Å². The van der Waals surface area contributed by atoms with Crippen LogP contribution in [0.1, 0.15) is 24.0 Å². The standard InChI is InChI=1S/C19H25N5O6/c20-18(21)13-3-1-12(2-4-13)9-22-10-15(25)24-8-7-23(11-17(28)29)19(30)14(24)5-6-16(26)27/h1-4,14,22H,5-11H2,(H3,20,21)(H,26,27)(H,28,29)/t14-/m0/s1. The summed E-state index contributed by atoms with van der Waals surface area (Å²) in [5, 5.41) is 28.2. The molecule has 1 atom stereocenters. The number of aliphatic carboxylic acids is 2. The van der Waals surface area contributed by atoms with Crippen molar-refractivity contribution in [3.8, 4) is 0 Å². The lowest BCUT2D eigenvalue weighted by molar-refractivity contribution is -0.156. The zero-order valence-corrected chi connectivity index (χ0v) is 16.3. The van der Waals surface area contributed by atoms with Crippen LogP contribution < -0.4 is 11.1 Å². The fourth-order valence-electron chi connectivity index (χ4n) is 3.21. The lowest BCUT2D eigenvalue weighted by atomic mass is 10.0. The van der Waals surface area contributed by atoms with E-state index in [9.17, 15) is 19.2 Å². The molecule has 1 aromatic carbocycles.